The largest absolute Gasteiger partial charge is 0.454 e. The number of benzene rings is 1. The molecule has 1 saturated carbocycles. The number of fused-ring (bicyclic) bond motifs is 1. The maximum atomic E-state index is 9.73. The molecular formula is C12H15NO3. The number of rotatable bonds is 2. The molecule has 2 aliphatic rings. The molecule has 0 aromatic heterocycles. The van der Waals surface area contributed by atoms with Gasteiger partial charge in [-0.15, -0.1) is 0 Å². The van der Waals surface area contributed by atoms with Gasteiger partial charge in [-0.3, -0.25) is 0 Å². The van der Waals surface area contributed by atoms with Crippen LogP contribution in [0, 0.1) is 0 Å². The standard InChI is InChI=1S/C12H15NO3/c14-10-3-1-2-9(10)13-8-4-5-11-12(6-8)16-7-15-11/h4-6,9-10,13-14H,1-3,7H2. The Morgan fingerprint density at radius 3 is 2.88 bits per heavy atom. The maximum Gasteiger partial charge on any atom is 0.231 e. The minimum Gasteiger partial charge on any atom is -0.454 e. The Bertz CT molecular complexity index is 394. The third kappa shape index (κ3) is 1.69. The fraction of sp³-hybridized carbons (Fsp3) is 0.500. The van der Waals surface area contributed by atoms with Crippen LogP contribution in [0.2, 0.25) is 0 Å². The van der Waals surface area contributed by atoms with Crippen molar-refractivity contribution < 1.29 is 14.6 Å². The summed E-state index contributed by atoms with van der Waals surface area (Å²) in [5.74, 6) is 1.56. The van der Waals surface area contributed by atoms with Crippen molar-refractivity contribution in [2.75, 3.05) is 12.1 Å². The lowest BCUT2D eigenvalue weighted by Gasteiger charge is -2.17. The Labute approximate surface area is 94.2 Å². The molecule has 1 aromatic carbocycles. The van der Waals surface area contributed by atoms with Crippen molar-refractivity contribution in [1.82, 2.24) is 0 Å². The van der Waals surface area contributed by atoms with Crippen molar-refractivity contribution in [2.45, 2.75) is 31.4 Å². The first kappa shape index (κ1) is 9.78. The monoisotopic (exact) mass is 221 g/mol. The minimum atomic E-state index is -0.231. The molecule has 86 valence electrons. The number of aliphatic hydroxyl groups is 1. The smallest absolute Gasteiger partial charge is 0.231 e. The molecule has 2 N–H and O–H groups in total. The minimum absolute atomic E-state index is 0.167. The van der Waals surface area contributed by atoms with Gasteiger partial charge in [0.15, 0.2) is 11.5 Å². The van der Waals surface area contributed by atoms with E-state index in [4.69, 9.17) is 9.47 Å². The van der Waals surface area contributed by atoms with Crippen molar-refractivity contribution in [3.8, 4) is 11.5 Å². The maximum absolute atomic E-state index is 9.73. The quantitative estimate of drug-likeness (QED) is 0.798. The Hall–Kier alpha value is -1.42. The molecule has 0 amide bonds. The second kappa shape index (κ2) is 3.87. The molecule has 0 spiro atoms. The zero-order chi connectivity index (χ0) is 11.0. The van der Waals surface area contributed by atoms with Gasteiger partial charge in [0.05, 0.1) is 12.1 Å². The van der Waals surface area contributed by atoms with Crippen LogP contribution in [-0.2, 0) is 0 Å². The molecule has 1 aromatic rings. The van der Waals surface area contributed by atoms with Crippen LogP contribution in [-0.4, -0.2) is 24.0 Å². The van der Waals surface area contributed by atoms with Gasteiger partial charge in [-0.05, 0) is 31.4 Å². The average Bonchev–Trinajstić information content (AvgIpc) is 2.88. The average molecular weight is 221 g/mol. The third-order valence-electron chi connectivity index (χ3n) is 3.20. The highest BCUT2D eigenvalue weighted by atomic mass is 16.7. The van der Waals surface area contributed by atoms with E-state index in [1.165, 1.54) is 0 Å². The van der Waals surface area contributed by atoms with Gasteiger partial charge in [-0.25, -0.2) is 0 Å². The van der Waals surface area contributed by atoms with E-state index in [9.17, 15) is 5.11 Å². The molecule has 1 heterocycles. The normalized spacial score (nSPS) is 27.1. The second-order valence-electron chi connectivity index (χ2n) is 4.32. The highest BCUT2D eigenvalue weighted by molar-refractivity contribution is 5.56. The van der Waals surface area contributed by atoms with Crippen molar-refractivity contribution in [2.24, 2.45) is 0 Å². The van der Waals surface area contributed by atoms with Gasteiger partial charge < -0.3 is 19.9 Å². The van der Waals surface area contributed by atoms with Crippen LogP contribution in [0.3, 0.4) is 0 Å². The van der Waals surface area contributed by atoms with Crippen molar-refractivity contribution >= 4 is 5.69 Å². The van der Waals surface area contributed by atoms with E-state index in [1.54, 1.807) is 0 Å². The third-order valence-corrected chi connectivity index (χ3v) is 3.20. The number of anilines is 1. The number of nitrogens with one attached hydrogen (secondary N) is 1. The molecule has 1 fully saturated rings. The summed E-state index contributed by atoms with van der Waals surface area (Å²) < 4.78 is 10.6. The molecule has 4 heteroatoms. The van der Waals surface area contributed by atoms with Gasteiger partial charge in [0, 0.05) is 11.8 Å². The second-order valence-corrected chi connectivity index (χ2v) is 4.32. The Balaban J connectivity index is 1.75. The van der Waals surface area contributed by atoms with Crippen molar-refractivity contribution in [3.63, 3.8) is 0 Å². The lowest BCUT2D eigenvalue weighted by molar-refractivity contribution is 0.171. The Morgan fingerprint density at radius 1 is 1.19 bits per heavy atom. The molecule has 3 rings (SSSR count). The van der Waals surface area contributed by atoms with Crippen LogP contribution < -0.4 is 14.8 Å². The summed E-state index contributed by atoms with van der Waals surface area (Å²) in [5.41, 5.74) is 0.982. The van der Waals surface area contributed by atoms with Gasteiger partial charge in [-0.2, -0.15) is 0 Å². The molecule has 1 aliphatic carbocycles. The first-order chi connectivity index (χ1) is 7.83. The summed E-state index contributed by atoms with van der Waals surface area (Å²) in [5, 5.41) is 13.1. The molecule has 0 saturated heterocycles. The van der Waals surface area contributed by atoms with Gasteiger partial charge in [0.1, 0.15) is 0 Å². The summed E-state index contributed by atoms with van der Waals surface area (Å²) >= 11 is 0. The summed E-state index contributed by atoms with van der Waals surface area (Å²) in [4.78, 5) is 0. The molecule has 1 aliphatic heterocycles. The zero-order valence-corrected chi connectivity index (χ0v) is 8.98. The number of hydrogen-bond acceptors (Lipinski definition) is 4. The topological polar surface area (TPSA) is 50.7 Å². The first-order valence-corrected chi connectivity index (χ1v) is 5.67. The van der Waals surface area contributed by atoms with Crippen LogP contribution in [0.4, 0.5) is 5.69 Å². The molecule has 0 bridgehead atoms. The fourth-order valence-electron chi connectivity index (χ4n) is 2.31. The number of hydrogen-bond donors (Lipinski definition) is 2. The molecule has 2 atom stereocenters. The lowest BCUT2D eigenvalue weighted by Crippen LogP contribution is -2.27. The highest BCUT2D eigenvalue weighted by Gasteiger charge is 2.25. The molecule has 16 heavy (non-hydrogen) atoms. The van der Waals surface area contributed by atoms with E-state index in [-0.39, 0.29) is 12.1 Å². The van der Waals surface area contributed by atoms with Crippen molar-refractivity contribution in [3.05, 3.63) is 18.2 Å². The highest BCUT2D eigenvalue weighted by Crippen LogP contribution is 2.35. The van der Waals surface area contributed by atoms with Gasteiger partial charge in [0.2, 0.25) is 6.79 Å². The van der Waals surface area contributed by atoms with E-state index in [2.05, 4.69) is 5.32 Å². The lowest BCUT2D eigenvalue weighted by atomic mass is 10.2. The number of ether oxygens (including phenoxy) is 2. The van der Waals surface area contributed by atoms with Crippen molar-refractivity contribution in [1.29, 1.82) is 0 Å². The zero-order valence-electron chi connectivity index (χ0n) is 8.98. The summed E-state index contributed by atoms with van der Waals surface area (Å²) in [6.45, 7) is 0.296. The van der Waals surface area contributed by atoms with Gasteiger partial charge >= 0.3 is 0 Å². The van der Waals surface area contributed by atoms with Gasteiger partial charge in [0.25, 0.3) is 0 Å². The van der Waals surface area contributed by atoms with E-state index in [1.807, 2.05) is 18.2 Å². The summed E-state index contributed by atoms with van der Waals surface area (Å²) in [6.07, 6.45) is 2.77. The van der Waals surface area contributed by atoms with E-state index in [0.717, 1.165) is 36.4 Å². The van der Waals surface area contributed by atoms with Crippen LogP contribution in [0.1, 0.15) is 19.3 Å². The van der Waals surface area contributed by atoms with Crippen LogP contribution in [0.5, 0.6) is 11.5 Å². The fourth-order valence-corrected chi connectivity index (χ4v) is 2.31. The van der Waals surface area contributed by atoms with E-state index < -0.39 is 0 Å². The number of aliphatic hydroxyl groups excluding tert-OH is 1. The Morgan fingerprint density at radius 2 is 2.06 bits per heavy atom. The predicted molar refractivity (Wildman–Crippen MR) is 59.8 cm³/mol. The first-order valence-electron chi connectivity index (χ1n) is 5.67. The molecular weight excluding hydrogens is 206 g/mol. The SMILES string of the molecule is OC1CCCC1Nc1ccc2c(c1)OCO2. The molecule has 0 radical (unpaired) electrons. The predicted octanol–water partition coefficient (Wildman–Crippen LogP) is 1.74. The Kier molecular flexibility index (Phi) is 2.36. The van der Waals surface area contributed by atoms with Crippen LogP contribution in [0.15, 0.2) is 18.2 Å². The van der Waals surface area contributed by atoms with Crippen LogP contribution >= 0.6 is 0 Å². The summed E-state index contributed by atoms with van der Waals surface area (Å²) in [6, 6.07) is 5.94. The van der Waals surface area contributed by atoms with Crippen LogP contribution in [0.25, 0.3) is 0 Å². The summed E-state index contributed by atoms with van der Waals surface area (Å²) in [7, 11) is 0. The van der Waals surface area contributed by atoms with Gasteiger partial charge in [-0.1, -0.05) is 0 Å². The van der Waals surface area contributed by atoms with E-state index in [0.29, 0.717) is 6.79 Å². The molecule has 4 nitrogen and oxygen atoms in total. The molecule has 2 unspecified atom stereocenters. The van der Waals surface area contributed by atoms with E-state index >= 15 is 0 Å².